The lowest BCUT2D eigenvalue weighted by Gasteiger charge is -2.23. The van der Waals surface area contributed by atoms with Crippen molar-refractivity contribution in [2.24, 2.45) is 0 Å². The number of nitrogens with zero attached hydrogens (tertiary/aromatic N) is 1. The quantitative estimate of drug-likeness (QED) is 0.818. The predicted molar refractivity (Wildman–Crippen MR) is 93.8 cm³/mol. The number of aryl methyl sites for hydroxylation is 1. The highest BCUT2D eigenvalue weighted by atomic mass is 16.3. The van der Waals surface area contributed by atoms with E-state index in [1.807, 2.05) is 6.92 Å². The van der Waals surface area contributed by atoms with Crippen molar-refractivity contribution >= 4 is 17.5 Å². The Labute approximate surface area is 146 Å². The van der Waals surface area contributed by atoms with E-state index >= 15 is 0 Å². The summed E-state index contributed by atoms with van der Waals surface area (Å²) in [4.78, 5) is 26.3. The second-order valence-electron chi connectivity index (χ2n) is 6.13. The molecule has 0 saturated carbocycles. The molecule has 1 atom stereocenters. The van der Waals surface area contributed by atoms with Crippen molar-refractivity contribution in [2.45, 2.75) is 32.2 Å². The highest BCUT2D eigenvalue weighted by molar-refractivity contribution is 6.07. The molecule has 1 fully saturated rings. The van der Waals surface area contributed by atoms with Crippen LogP contribution < -0.4 is 5.32 Å². The van der Waals surface area contributed by atoms with Crippen molar-refractivity contribution in [2.75, 3.05) is 18.5 Å². The van der Waals surface area contributed by atoms with Crippen molar-refractivity contribution in [1.29, 1.82) is 0 Å². The van der Waals surface area contributed by atoms with Crippen molar-refractivity contribution in [3.63, 3.8) is 0 Å². The fourth-order valence-electron chi connectivity index (χ4n) is 3.03. The zero-order chi connectivity index (χ0) is 17.8. The first kappa shape index (κ1) is 17.2. The van der Waals surface area contributed by atoms with Gasteiger partial charge in [0.25, 0.3) is 0 Å². The summed E-state index contributed by atoms with van der Waals surface area (Å²) in [6.45, 7) is 2.59. The van der Waals surface area contributed by atoms with E-state index in [0.29, 0.717) is 23.6 Å². The lowest BCUT2D eigenvalue weighted by atomic mass is 10.1. The molecule has 0 aliphatic carbocycles. The van der Waals surface area contributed by atoms with E-state index < -0.39 is 0 Å². The molecule has 1 saturated heterocycles. The van der Waals surface area contributed by atoms with Gasteiger partial charge in [-0.2, -0.15) is 0 Å². The van der Waals surface area contributed by atoms with Crippen LogP contribution in [0.3, 0.4) is 0 Å². The van der Waals surface area contributed by atoms with Crippen LogP contribution in [0.5, 0.6) is 0 Å². The number of carbonyl (C=O) groups is 2. The summed E-state index contributed by atoms with van der Waals surface area (Å²) >= 11 is 0. The smallest absolute Gasteiger partial charge is 0.322 e. The Bertz CT molecular complexity index is 751. The molecule has 1 aliphatic rings. The Morgan fingerprint density at radius 1 is 1.24 bits per heavy atom. The fourth-order valence-corrected chi connectivity index (χ4v) is 3.03. The lowest BCUT2D eigenvalue weighted by molar-refractivity contribution is 0.101. The van der Waals surface area contributed by atoms with Crippen molar-refractivity contribution in [3.8, 4) is 0 Å². The summed E-state index contributed by atoms with van der Waals surface area (Å²) in [6.07, 6.45) is 2.46. The minimum atomic E-state index is -0.228. The van der Waals surface area contributed by atoms with Gasteiger partial charge in [0, 0.05) is 24.2 Å². The molecule has 1 aromatic heterocycles. The summed E-state index contributed by atoms with van der Waals surface area (Å²) in [5.74, 6) is 0.908. The van der Waals surface area contributed by atoms with Crippen LogP contribution in [-0.2, 0) is 6.42 Å². The average molecular weight is 342 g/mol. The van der Waals surface area contributed by atoms with Gasteiger partial charge >= 0.3 is 6.03 Å². The third-order valence-corrected chi connectivity index (χ3v) is 4.48. The van der Waals surface area contributed by atoms with E-state index in [-0.39, 0.29) is 24.5 Å². The van der Waals surface area contributed by atoms with Gasteiger partial charge in [-0.05, 0) is 49.2 Å². The van der Waals surface area contributed by atoms with Crippen LogP contribution in [0.4, 0.5) is 10.5 Å². The second-order valence-corrected chi connectivity index (χ2v) is 6.13. The summed E-state index contributed by atoms with van der Waals surface area (Å²) < 4.78 is 5.49. The molecule has 0 spiro atoms. The maximum Gasteiger partial charge on any atom is 0.322 e. The Morgan fingerprint density at radius 2 is 2.00 bits per heavy atom. The topological polar surface area (TPSA) is 82.8 Å². The minimum absolute atomic E-state index is 0.0241. The number of aliphatic hydroxyl groups excluding tert-OH is 1. The highest BCUT2D eigenvalue weighted by Crippen LogP contribution is 2.20. The molecule has 2 amide bonds. The van der Waals surface area contributed by atoms with Crippen molar-refractivity contribution < 1.29 is 19.1 Å². The van der Waals surface area contributed by atoms with E-state index in [9.17, 15) is 14.7 Å². The first-order valence-electron chi connectivity index (χ1n) is 8.54. The number of amides is 2. The molecule has 6 nitrogen and oxygen atoms in total. The molecule has 6 heteroatoms. The third-order valence-electron chi connectivity index (χ3n) is 4.48. The Kier molecular flexibility index (Phi) is 5.19. The van der Waals surface area contributed by atoms with Crippen molar-refractivity contribution in [3.05, 3.63) is 53.5 Å². The van der Waals surface area contributed by atoms with Crippen LogP contribution in [0.2, 0.25) is 0 Å². The number of urea groups is 1. The molecule has 0 radical (unpaired) electrons. The van der Waals surface area contributed by atoms with E-state index in [4.69, 9.17) is 4.42 Å². The number of nitrogens with one attached hydrogen (secondary N) is 1. The van der Waals surface area contributed by atoms with Gasteiger partial charge in [-0.1, -0.05) is 6.92 Å². The molecular weight excluding hydrogens is 320 g/mol. The van der Waals surface area contributed by atoms with Crippen molar-refractivity contribution in [1.82, 2.24) is 4.90 Å². The molecule has 2 N–H and O–H groups in total. The fraction of sp³-hybridized carbons (Fsp3) is 0.368. The Hall–Kier alpha value is -2.60. The van der Waals surface area contributed by atoms with Crippen LogP contribution in [0, 0.1) is 0 Å². The maximum atomic E-state index is 12.4. The number of carbonyl (C=O) groups excluding carboxylic acids is 2. The highest BCUT2D eigenvalue weighted by Gasteiger charge is 2.28. The summed E-state index contributed by atoms with van der Waals surface area (Å²) in [5, 5.41) is 12.1. The van der Waals surface area contributed by atoms with E-state index in [2.05, 4.69) is 5.32 Å². The number of hydrogen-bond donors (Lipinski definition) is 2. The SMILES string of the molecule is CCc1ccc(C(=O)c2ccc(NC(=O)N3CCC[C@H]3CO)cc2)o1. The minimum Gasteiger partial charge on any atom is -0.458 e. The summed E-state index contributed by atoms with van der Waals surface area (Å²) in [7, 11) is 0. The lowest BCUT2D eigenvalue weighted by Crippen LogP contribution is -2.40. The number of ketones is 1. The Morgan fingerprint density at radius 3 is 2.64 bits per heavy atom. The normalized spacial score (nSPS) is 16.9. The van der Waals surface area contributed by atoms with E-state index in [1.165, 1.54) is 0 Å². The van der Waals surface area contributed by atoms with Gasteiger partial charge in [0.15, 0.2) is 5.76 Å². The molecule has 0 unspecified atom stereocenters. The van der Waals surface area contributed by atoms with Gasteiger partial charge in [0.1, 0.15) is 5.76 Å². The van der Waals surface area contributed by atoms with Gasteiger partial charge in [-0.3, -0.25) is 4.79 Å². The number of rotatable bonds is 5. The molecule has 2 aromatic rings. The van der Waals surface area contributed by atoms with Gasteiger partial charge in [0.2, 0.25) is 5.78 Å². The van der Waals surface area contributed by atoms with Gasteiger partial charge in [0.05, 0.1) is 12.6 Å². The largest absolute Gasteiger partial charge is 0.458 e. The molecule has 0 bridgehead atoms. The number of furan rings is 1. The molecular formula is C19H22N2O4. The average Bonchev–Trinajstić information content (AvgIpc) is 3.30. The van der Waals surface area contributed by atoms with Crippen LogP contribution in [0.1, 0.15) is 41.6 Å². The van der Waals surface area contributed by atoms with E-state index in [0.717, 1.165) is 25.0 Å². The van der Waals surface area contributed by atoms with Gasteiger partial charge < -0.3 is 19.7 Å². The number of anilines is 1. The summed E-state index contributed by atoms with van der Waals surface area (Å²) in [5.41, 5.74) is 1.11. The van der Waals surface area contributed by atoms with E-state index in [1.54, 1.807) is 41.3 Å². The second kappa shape index (κ2) is 7.53. The molecule has 3 rings (SSSR count). The van der Waals surface area contributed by atoms with Gasteiger partial charge in [-0.15, -0.1) is 0 Å². The molecule has 25 heavy (non-hydrogen) atoms. The molecule has 132 valence electrons. The number of likely N-dealkylation sites (tertiary alicyclic amines) is 1. The van der Waals surface area contributed by atoms with Gasteiger partial charge in [-0.25, -0.2) is 4.79 Å². The Balaban J connectivity index is 1.65. The molecule has 1 aliphatic heterocycles. The third kappa shape index (κ3) is 3.74. The zero-order valence-electron chi connectivity index (χ0n) is 14.2. The predicted octanol–water partition coefficient (Wildman–Crippen LogP) is 3.06. The first-order valence-corrected chi connectivity index (χ1v) is 8.54. The van der Waals surface area contributed by atoms with Crippen LogP contribution >= 0.6 is 0 Å². The zero-order valence-corrected chi connectivity index (χ0v) is 14.2. The number of benzene rings is 1. The van der Waals surface area contributed by atoms with Crippen LogP contribution in [0.15, 0.2) is 40.8 Å². The van der Waals surface area contributed by atoms with Crippen LogP contribution in [-0.4, -0.2) is 41.0 Å². The molecule has 1 aromatic carbocycles. The maximum absolute atomic E-state index is 12.4. The number of hydrogen-bond acceptors (Lipinski definition) is 4. The van der Waals surface area contributed by atoms with Crippen LogP contribution in [0.25, 0.3) is 0 Å². The summed E-state index contributed by atoms with van der Waals surface area (Å²) in [6, 6.07) is 9.85. The standard InChI is InChI=1S/C19H22N2O4/c1-2-16-9-10-17(25-16)18(23)13-5-7-14(8-6-13)20-19(24)21-11-3-4-15(21)12-22/h5-10,15,22H,2-4,11-12H2,1H3,(H,20,24)/t15-/m0/s1. The monoisotopic (exact) mass is 342 g/mol. The number of aliphatic hydroxyl groups is 1. The molecule has 2 heterocycles. The first-order chi connectivity index (χ1) is 12.1.